The van der Waals surface area contributed by atoms with Gasteiger partial charge in [-0.3, -0.25) is 4.79 Å². The number of amides is 1. The number of methoxy groups -OCH3 is 1. The average molecular weight is 385 g/mol. The van der Waals surface area contributed by atoms with Crippen molar-refractivity contribution in [1.29, 1.82) is 0 Å². The van der Waals surface area contributed by atoms with Crippen LogP contribution in [-0.4, -0.2) is 29.4 Å². The monoisotopic (exact) mass is 384 g/mol. The van der Waals surface area contributed by atoms with Gasteiger partial charge in [-0.15, -0.1) is 0 Å². The fraction of sp³-hybridized carbons (Fsp3) is 0.211. The smallest absolute Gasteiger partial charge is 0.254 e. The molecule has 3 aromatic rings. The molecule has 0 radical (unpaired) electrons. The van der Waals surface area contributed by atoms with Crippen LogP contribution < -0.4 is 4.74 Å². The standard InChI is InChI=1S/C19H17BrN2O2/c1-24-14-5-6-17-16(10-14)15-7-8-22(11-18(15)21-17)19(23)12-3-2-4-13(20)9-12/h2-6,9-10,21H,7-8,11H2,1H3. The summed E-state index contributed by atoms with van der Waals surface area (Å²) < 4.78 is 6.25. The maximum atomic E-state index is 12.7. The summed E-state index contributed by atoms with van der Waals surface area (Å²) in [6.45, 7) is 1.33. The first-order valence-corrected chi connectivity index (χ1v) is 8.67. The molecule has 4 rings (SSSR count). The lowest BCUT2D eigenvalue weighted by Crippen LogP contribution is -2.35. The minimum Gasteiger partial charge on any atom is -0.497 e. The largest absolute Gasteiger partial charge is 0.497 e. The number of H-pyrrole nitrogens is 1. The molecule has 0 bridgehead atoms. The number of hydrogen-bond donors (Lipinski definition) is 1. The van der Waals surface area contributed by atoms with Crippen molar-refractivity contribution in [3.05, 3.63) is 63.8 Å². The zero-order chi connectivity index (χ0) is 16.7. The summed E-state index contributed by atoms with van der Waals surface area (Å²) in [4.78, 5) is 18.1. The normalized spacial score (nSPS) is 13.8. The molecule has 24 heavy (non-hydrogen) atoms. The molecule has 2 heterocycles. The van der Waals surface area contributed by atoms with Crippen molar-refractivity contribution < 1.29 is 9.53 Å². The van der Waals surface area contributed by atoms with Crippen LogP contribution in [0.1, 0.15) is 21.6 Å². The Kier molecular flexibility index (Phi) is 3.81. The van der Waals surface area contributed by atoms with Crippen molar-refractivity contribution in [2.45, 2.75) is 13.0 Å². The predicted molar refractivity (Wildman–Crippen MR) is 97.4 cm³/mol. The van der Waals surface area contributed by atoms with E-state index in [-0.39, 0.29) is 5.91 Å². The van der Waals surface area contributed by atoms with E-state index in [0.29, 0.717) is 12.1 Å². The summed E-state index contributed by atoms with van der Waals surface area (Å²) >= 11 is 3.43. The van der Waals surface area contributed by atoms with Crippen molar-refractivity contribution >= 4 is 32.7 Å². The number of fused-ring (bicyclic) bond motifs is 3. The van der Waals surface area contributed by atoms with Gasteiger partial charge >= 0.3 is 0 Å². The molecule has 1 aliphatic heterocycles. The molecule has 0 atom stereocenters. The van der Waals surface area contributed by atoms with Gasteiger partial charge in [-0.05, 0) is 48.4 Å². The predicted octanol–water partition coefficient (Wildman–Crippen LogP) is 4.14. The highest BCUT2D eigenvalue weighted by Gasteiger charge is 2.24. The van der Waals surface area contributed by atoms with Gasteiger partial charge < -0.3 is 14.6 Å². The molecule has 5 heteroatoms. The van der Waals surface area contributed by atoms with Crippen molar-refractivity contribution in [3.8, 4) is 5.75 Å². The Morgan fingerprint density at radius 2 is 2.12 bits per heavy atom. The van der Waals surface area contributed by atoms with Crippen LogP contribution in [0.15, 0.2) is 46.9 Å². The third-order valence-corrected chi connectivity index (χ3v) is 5.03. The number of nitrogens with zero attached hydrogens (tertiary/aromatic N) is 1. The Morgan fingerprint density at radius 3 is 2.92 bits per heavy atom. The van der Waals surface area contributed by atoms with E-state index in [1.807, 2.05) is 41.3 Å². The number of nitrogens with one attached hydrogen (secondary N) is 1. The lowest BCUT2D eigenvalue weighted by Gasteiger charge is -2.27. The molecule has 0 aliphatic carbocycles. The fourth-order valence-electron chi connectivity index (χ4n) is 3.32. The molecule has 1 N–H and O–H groups in total. The first-order valence-electron chi connectivity index (χ1n) is 7.88. The molecule has 4 nitrogen and oxygen atoms in total. The molecule has 0 unspecified atom stereocenters. The number of benzene rings is 2. The number of aromatic nitrogens is 1. The molecule has 0 fully saturated rings. The van der Waals surface area contributed by atoms with Crippen LogP contribution in [0.4, 0.5) is 0 Å². The third kappa shape index (κ3) is 2.59. The van der Waals surface area contributed by atoms with Gasteiger partial charge in [0.15, 0.2) is 0 Å². The number of rotatable bonds is 2. The van der Waals surface area contributed by atoms with Gasteiger partial charge in [0.1, 0.15) is 5.75 Å². The lowest BCUT2D eigenvalue weighted by molar-refractivity contribution is 0.0733. The summed E-state index contributed by atoms with van der Waals surface area (Å²) in [5.74, 6) is 0.926. The fourth-order valence-corrected chi connectivity index (χ4v) is 3.72. The summed E-state index contributed by atoms with van der Waals surface area (Å²) in [5.41, 5.74) is 4.22. The molecule has 0 saturated carbocycles. The molecule has 1 aliphatic rings. The quantitative estimate of drug-likeness (QED) is 0.721. The molecule has 2 aromatic carbocycles. The second-order valence-electron chi connectivity index (χ2n) is 5.98. The number of aromatic amines is 1. The average Bonchev–Trinajstić information content (AvgIpc) is 2.97. The highest BCUT2D eigenvalue weighted by molar-refractivity contribution is 9.10. The van der Waals surface area contributed by atoms with E-state index in [1.54, 1.807) is 7.11 Å². The maximum Gasteiger partial charge on any atom is 0.254 e. The van der Waals surface area contributed by atoms with Crippen molar-refractivity contribution in [2.75, 3.05) is 13.7 Å². The molecule has 122 valence electrons. The second-order valence-corrected chi connectivity index (χ2v) is 6.90. The Balaban J connectivity index is 1.65. The number of carbonyl (C=O) groups excluding carboxylic acids is 1. The second kappa shape index (κ2) is 5.98. The summed E-state index contributed by atoms with van der Waals surface area (Å²) in [5, 5.41) is 1.19. The van der Waals surface area contributed by atoms with Crippen LogP contribution in [0, 0.1) is 0 Å². The van der Waals surface area contributed by atoms with E-state index in [9.17, 15) is 4.79 Å². The maximum absolute atomic E-state index is 12.7. The number of carbonyl (C=O) groups is 1. The van der Waals surface area contributed by atoms with Crippen LogP contribution in [0.25, 0.3) is 10.9 Å². The molecular formula is C19H17BrN2O2. The molecule has 1 amide bonds. The van der Waals surface area contributed by atoms with Crippen molar-refractivity contribution in [1.82, 2.24) is 9.88 Å². The summed E-state index contributed by atoms with van der Waals surface area (Å²) in [7, 11) is 1.68. The third-order valence-electron chi connectivity index (χ3n) is 4.54. The van der Waals surface area contributed by atoms with Crippen LogP contribution in [0.2, 0.25) is 0 Å². The molecule has 0 saturated heterocycles. The van der Waals surface area contributed by atoms with Gasteiger partial charge in [0.25, 0.3) is 5.91 Å². The Labute approximate surface area is 148 Å². The van der Waals surface area contributed by atoms with E-state index in [4.69, 9.17) is 4.74 Å². The first-order chi connectivity index (χ1) is 11.7. The van der Waals surface area contributed by atoms with Gasteiger partial charge in [0.2, 0.25) is 0 Å². The highest BCUT2D eigenvalue weighted by Crippen LogP contribution is 2.30. The first kappa shape index (κ1) is 15.3. The van der Waals surface area contributed by atoms with Gasteiger partial charge in [0, 0.05) is 33.2 Å². The number of hydrogen-bond acceptors (Lipinski definition) is 2. The van der Waals surface area contributed by atoms with Crippen LogP contribution in [0.5, 0.6) is 5.75 Å². The van der Waals surface area contributed by atoms with Crippen molar-refractivity contribution in [3.63, 3.8) is 0 Å². The molecular weight excluding hydrogens is 368 g/mol. The van der Waals surface area contributed by atoms with E-state index >= 15 is 0 Å². The van der Waals surface area contributed by atoms with E-state index < -0.39 is 0 Å². The SMILES string of the molecule is COc1ccc2[nH]c3c(c2c1)CCN(C(=O)c1cccc(Br)c1)C3. The lowest BCUT2D eigenvalue weighted by atomic mass is 10.0. The van der Waals surface area contributed by atoms with Crippen LogP contribution in [0.3, 0.4) is 0 Å². The van der Waals surface area contributed by atoms with Gasteiger partial charge in [-0.1, -0.05) is 22.0 Å². The Hall–Kier alpha value is -2.27. The Bertz CT molecular complexity index is 932. The Morgan fingerprint density at radius 1 is 1.25 bits per heavy atom. The number of halogens is 1. The summed E-state index contributed by atoms with van der Waals surface area (Å²) in [6, 6.07) is 13.6. The van der Waals surface area contributed by atoms with E-state index in [0.717, 1.165) is 34.4 Å². The van der Waals surface area contributed by atoms with Gasteiger partial charge in [-0.25, -0.2) is 0 Å². The minimum absolute atomic E-state index is 0.0678. The molecule has 1 aromatic heterocycles. The summed E-state index contributed by atoms with van der Waals surface area (Å²) in [6.07, 6.45) is 0.849. The zero-order valence-electron chi connectivity index (χ0n) is 13.3. The zero-order valence-corrected chi connectivity index (χ0v) is 14.9. The van der Waals surface area contributed by atoms with E-state index in [1.165, 1.54) is 10.9 Å². The molecule has 0 spiro atoms. The number of ether oxygens (including phenoxy) is 1. The highest BCUT2D eigenvalue weighted by atomic mass is 79.9. The van der Waals surface area contributed by atoms with Crippen LogP contribution >= 0.6 is 15.9 Å². The van der Waals surface area contributed by atoms with Crippen LogP contribution in [-0.2, 0) is 13.0 Å². The van der Waals surface area contributed by atoms with Gasteiger partial charge in [0.05, 0.1) is 13.7 Å². The van der Waals surface area contributed by atoms with Gasteiger partial charge in [-0.2, -0.15) is 0 Å². The van der Waals surface area contributed by atoms with Crippen molar-refractivity contribution in [2.24, 2.45) is 0 Å². The topological polar surface area (TPSA) is 45.3 Å². The minimum atomic E-state index is 0.0678. The van der Waals surface area contributed by atoms with E-state index in [2.05, 4.69) is 27.0 Å².